The first-order valence-electron chi connectivity index (χ1n) is 22.6. The highest BCUT2D eigenvalue weighted by Crippen LogP contribution is 2.51. The van der Waals surface area contributed by atoms with Crippen LogP contribution in [-0.2, 0) is 5.41 Å². The standard InChI is InChI=1S/C61H40N4O/c1-61(2)50-24-14-12-22-42(50)45-32-48-46-30-39(27-29-54(46)64(56(48)34-51(45)61)41-20-10-5-11-21-41)40-26-28-43-47-33-49-44-23-13-15-25-58(44)66-59(49)36-57(47)65(55(43)31-40)60-62-52(37-16-6-3-7-17-37)35-53(63-60)38-18-8-4-9-19-38/h3-36H,1-2H3. The molecule has 0 radical (unpaired) electrons. The van der Waals surface area contributed by atoms with Crippen LogP contribution in [0.5, 0.6) is 0 Å². The molecule has 0 atom stereocenters. The molecule has 9 aromatic carbocycles. The van der Waals surface area contributed by atoms with Crippen molar-refractivity contribution in [1.29, 1.82) is 0 Å². The first kappa shape index (κ1) is 36.9. The minimum absolute atomic E-state index is 0.112. The molecule has 4 heterocycles. The van der Waals surface area contributed by atoms with Gasteiger partial charge in [-0.1, -0.05) is 153 Å². The topological polar surface area (TPSA) is 48.8 Å². The van der Waals surface area contributed by atoms with Crippen molar-refractivity contribution in [3.8, 4) is 56.4 Å². The molecular weight excluding hydrogens is 805 g/mol. The zero-order valence-corrected chi connectivity index (χ0v) is 36.3. The quantitative estimate of drug-likeness (QED) is 0.173. The van der Waals surface area contributed by atoms with E-state index in [-0.39, 0.29) is 5.41 Å². The van der Waals surface area contributed by atoms with Gasteiger partial charge in [0.15, 0.2) is 0 Å². The second-order valence-corrected chi connectivity index (χ2v) is 18.2. The Morgan fingerprint density at radius 2 is 0.970 bits per heavy atom. The van der Waals surface area contributed by atoms with Crippen LogP contribution in [0.2, 0.25) is 0 Å². The Balaban J connectivity index is 1.03. The molecule has 0 fully saturated rings. The van der Waals surface area contributed by atoms with Gasteiger partial charge in [0.1, 0.15) is 11.2 Å². The summed E-state index contributed by atoms with van der Waals surface area (Å²) in [6.07, 6.45) is 0. The second-order valence-electron chi connectivity index (χ2n) is 18.2. The summed E-state index contributed by atoms with van der Waals surface area (Å²) in [6.45, 7) is 4.72. The van der Waals surface area contributed by atoms with Crippen molar-refractivity contribution in [2.45, 2.75) is 19.3 Å². The molecule has 0 amide bonds. The Kier molecular flexibility index (Phi) is 7.68. The van der Waals surface area contributed by atoms with E-state index in [1.807, 2.05) is 24.3 Å². The number of nitrogens with zero attached hydrogens (tertiary/aromatic N) is 4. The molecule has 0 N–H and O–H groups in total. The highest BCUT2D eigenvalue weighted by atomic mass is 16.3. The van der Waals surface area contributed by atoms with E-state index in [9.17, 15) is 0 Å². The Morgan fingerprint density at radius 1 is 0.364 bits per heavy atom. The molecule has 66 heavy (non-hydrogen) atoms. The van der Waals surface area contributed by atoms with Crippen LogP contribution in [0.15, 0.2) is 211 Å². The van der Waals surface area contributed by atoms with Crippen molar-refractivity contribution in [1.82, 2.24) is 19.1 Å². The molecule has 0 bridgehead atoms. The van der Waals surface area contributed by atoms with E-state index >= 15 is 0 Å². The van der Waals surface area contributed by atoms with Crippen molar-refractivity contribution in [3.05, 3.63) is 217 Å². The minimum atomic E-state index is -0.112. The van der Waals surface area contributed by atoms with Gasteiger partial charge in [-0.2, -0.15) is 0 Å². The molecular formula is C61H40N4O. The molecule has 5 heteroatoms. The third-order valence-corrected chi connectivity index (χ3v) is 14.1. The zero-order chi connectivity index (χ0) is 43.7. The molecule has 0 spiro atoms. The highest BCUT2D eigenvalue weighted by Gasteiger charge is 2.36. The van der Waals surface area contributed by atoms with Crippen LogP contribution >= 0.6 is 0 Å². The first-order chi connectivity index (χ1) is 32.5. The third-order valence-electron chi connectivity index (χ3n) is 14.1. The van der Waals surface area contributed by atoms with Crippen LogP contribution in [0.3, 0.4) is 0 Å². The van der Waals surface area contributed by atoms with Gasteiger partial charge in [-0.05, 0) is 94.0 Å². The summed E-state index contributed by atoms with van der Waals surface area (Å²) in [7, 11) is 0. The van der Waals surface area contributed by atoms with Gasteiger partial charge >= 0.3 is 0 Å². The Labute approximate surface area is 380 Å². The summed E-state index contributed by atoms with van der Waals surface area (Å²) in [5.74, 6) is 0.598. The highest BCUT2D eigenvalue weighted by molar-refractivity contribution is 6.18. The average molecular weight is 845 g/mol. The largest absolute Gasteiger partial charge is 0.456 e. The van der Waals surface area contributed by atoms with Crippen molar-refractivity contribution in [3.63, 3.8) is 0 Å². The number of rotatable bonds is 5. The predicted molar refractivity (Wildman–Crippen MR) is 272 cm³/mol. The van der Waals surface area contributed by atoms with Crippen LogP contribution in [0.1, 0.15) is 25.0 Å². The normalized spacial score (nSPS) is 13.1. The van der Waals surface area contributed by atoms with Gasteiger partial charge in [0.25, 0.3) is 0 Å². The van der Waals surface area contributed by atoms with Crippen LogP contribution in [-0.4, -0.2) is 19.1 Å². The molecule has 0 saturated heterocycles. The lowest BCUT2D eigenvalue weighted by Gasteiger charge is -2.21. The van der Waals surface area contributed by atoms with Gasteiger partial charge in [-0.25, -0.2) is 9.97 Å². The third kappa shape index (κ3) is 5.34. The van der Waals surface area contributed by atoms with Crippen LogP contribution < -0.4 is 0 Å². The monoisotopic (exact) mass is 844 g/mol. The Bertz CT molecular complexity index is 4060. The maximum absolute atomic E-state index is 6.54. The second kappa shape index (κ2) is 13.7. The van der Waals surface area contributed by atoms with Gasteiger partial charge in [0.05, 0.1) is 33.5 Å². The number of aromatic nitrogens is 4. The number of para-hydroxylation sites is 2. The number of hydrogen-bond acceptors (Lipinski definition) is 3. The molecule has 14 rings (SSSR count). The Hall–Kier alpha value is -8.54. The smallest absolute Gasteiger partial charge is 0.235 e. The number of fused-ring (bicyclic) bond motifs is 12. The summed E-state index contributed by atoms with van der Waals surface area (Å²) in [5, 5.41) is 6.88. The zero-order valence-electron chi connectivity index (χ0n) is 36.3. The number of benzene rings is 9. The van der Waals surface area contributed by atoms with E-state index in [1.165, 1.54) is 44.1 Å². The summed E-state index contributed by atoms with van der Waals surface area (Å²) < 4.78 is 11.2. The van der Waals surface area contributed by atoms with Crippen LogP contribution in [0.25, 0.3) is 122 Å². The molecule has 1 aliphatic carbocycles. The maximum Gasteiger partial charge on any atom is 0.235 e. The van der Waals surface area contributed by atoms with Crippen molar-refractivity contribution in [2.75, 3.05) is 0 Å². The predicted octanol–water partition coefficient (Wildman–Crippen LogP) is 15.9. The number of hydrogen-bond donors (Lipinski definition) is 0. The molecule has 0 aliphatic heterocycles. The fourth-order valence-corrected chi connectivity index (χ4v) is 10.9. The average Bonchev–Trinajstić information content (AvgIpc) is 4.07. The van der Waals surface area contributed by atoms with Crippen LogP contribution in [0, 0.1) is 0 Å². The van der Waals surface area contributed by atoms with Gasteiger partial charge in [-0.3, -0.25) is 4.57 Å². The van der Waals surface area contributed by atoms with E-state index in [0.717, 1.165) is 83.1 Å². The molecule has 310 valence electrons. The molecule has 5 nitrogen and oxygen atoms in total. The lowest BCUT2D eigenvalue weighted by molar-refractivity contribution is 0.661. The molecule has 0 saturated carbocycles. The van der Waals surface area contributed by atoms with E-state index in [4.69, 9.17) is 14.4 Å². The van der Waals surface area contributed by atoms with Crippen molar-refractivity contribution < 1.29 is 4.42 Å². The van der Waals surface area contributed by atoms with Crippen molar-refractivity contribution >= 4 is 65.6 Å². The number of furan rings is 1. The lowest BCUT2D eigenvalue weighted by Crippen LogP contribution is -2.14. The van der Waals surface area contributed by atoms with Gasteiger partial charge in [0.2, 0.25) is 5.95 Å². The van der Waals surface area contributed by atoms with E-state index in [1.54, 1.807) is 0 Å². The molecule has 4 aromatic heterocycles. The summed E-state index contributed by atoms with van der Waals surface area (Å²) in [5.41, 5.74) is 18.5. The van der Waals surface area contributed by atoms with E-state index in [0.29, 0.717) is 5.95 Å². The Morgan fingerprint density at radius 3 is 1.74 bits per heavy atom. The van der Waals surface area contributed by atoms with Gasteiger partial charge in [0, 0.05) is 60.6 Å². The molecule has 13 aromatic rings. The lowest BCUT2D eigenvalue weighted by atomic mass is 9.82. The fourth-order valence-electron chi connectivity index (χ4n) is 10.9. The van der Waals surface area contributed by atoms with E-state index < -0.39 is 0 Å². The summed E-state index contributed by atoms with van der Waals surface area (Å²) >= 11 is 0. The van der Waals surface area contributed by atoms with Crippen LogP contribution in [0.4, 0.5) is 0 Å². The summed E-state index contributed by atoms with van der Waals surface area (Å²) in [4.78, 5) is 10.8. The SMILES string of the molecule is CC1(C)c2ccccc2-c2cc3c4cc(-c5ccc6c7cc8c(cc7n(-c7nc(-c9ccccc9)cc(-c9ccccc9)n7)c6c5)oc5ccccc58)ccc4n(-c4ccccc4)c3cc21. The minimum Gasteiger partial charge on any atom is -0.456 e. The van der Waals surface area contributed by atoms with Crippen molar-refractivity contribution in [2.24, 2.45) is 0 Å². The van der Waals surface area contributed by atoms with Gasteiger partial charge in [-0.15, -0.1) is 0 Å². The molecule has 0 unspecified atom stereocenters. The first-order valence-corrected chi connectivity index (χ1v) is 22.6. The maximum atomic E-state index is 6.54. The van der Waals surface area contributed by atoms with Gasteiger partial charge < -0.3 is 8.98 Å². The summed E-state index contributed by atoms with van der Waals surface area (Å²) in [6, 6.07) is 74.1. The molecule has 1 aliphatic rings. The fraction of sp³-hybridized carbons (Fsp3) is 0.0492. The van der Waals surface area contributed by atoms with E-state index in [2.05, 4.69) is 205 Å².